The highest BCUT2D eigenvalue weighted by Gasteiger charge is 2.15. The topological polar surface area (TPSA) is 90.4 Å². The third kappa shape index (κ3) is 3.16. The lowest BCUT2D eigenvalue weighted by Crippen LogP contribution is -2.33. The van der Waals surface area contributed by atoms with Gasteiger partial charge >= 0.3 is 5.97 Å². The summed E-state index contributed by atoms with van der Waals surface area (Å²) < 4.78 is 7.18. The van der Waals surface area contributed by atoms with E-state index >= 15 is 0 Å². The summed E-state index contributed by atoms with van der Waals surface area (Å²) in [5.41, 5.74) is 7.34. The lowest BCUT2D eigenvalue weighted by molar-refractivity contribution is -0.138. The summed E-state index contributed by atoms with van der Waals surface area (Å²) in [7, 11) is 1.62. The first-order chi connectivity index (χ1) is 9.61. The van der Waals surface area contributed by atoms with E-state index in [9.17, 15) is 4.79 Å². The number of nitrogens with two attached hydrogens (primary N) is 1. The minimum Gasteiger partial charge on any atom is -0.496 e. The number of aliphatic carboxylic acids is 1. The zero-order valence-electron chi connectivity index (χ0n) is 11.2. The summed E-state index contributed by atoms with van der Waals surface area (Å²) in [5.74, 6) is -0.232. The first kappa shape index (κ1) is 14.1. The third-order valence-corrected chi connectivity index (χ3v) is 3.08. The van der Waals surface area contributed by atoms with E-state index in [0.29, 0.717) is 6.54 Å². The molecule has 106 valence electrons. The number of rotatable bonds is 6. The predicted molar refractivity (Wildman–Crippen MR) is 73.6 cm³/mol. The third-order valence-electron chi connectivity index (χ3n) is 3.08. The van der Waals surface area contributed by atoms with Crippen LogP contribution in [0.1, 0.15) is 11.3 Å². The number of ether oxygens (including phenoxy) is 1. The first-order valence-corrected chi connectivity index (χ1v) is 6.21. The Balaban J connectivity index is 2.18. The molecule has 6 nitrogen and oxygen atoms in total. The number of carboxylic acid groups (broad SMARTS) is 1. The molecule has 0 amide bonds. The van der Waals surface area contributed by atoms with Crippen LogP contribution in [0.4, 0.5) is 0 Å². The van der Waals surface area contributed by atoms with Crippen LogP contribution in [-0.4, -0.2) is 33.8 Å². The van der Waals surface area contributed by atoms with Crippen LogP contribution < -0.4 is 10.5 Å². The van der Waals surface area contributed by atoms with Gasteiger partial charge in [0.2, 0.25) is 0 Å². The lowest BCUT2D eigenvalue weighted by atomic mass is 10.1. The van der Waals surface area contributed by atoms with Gasteiger partial charge in [-0.3, -0.25) is 4.79 Å². The Bertz CT molecular complexity index is 595. The lowest BCUT2D eigenvalue weighted by Gasteiger charge is -2.12. The summed E-state index contributed by atoms with van der Waals surface area (Å²) in [4.78, 5) is 14.9. The highest BCUT2D eigenvalue weighted by Crippen LogP contribution is 2.19. The molecule has 0 saturated carbocycles. The summed E-state index contributed by atoms with van der Waals surface area (Å²) in [6.07, 6.45) is 3.54. The number of hydrogen-bond acceptors (Lipinski definition) is 4. The molecule has 1 atom stereocenters. The van der Waals surface area contributed by atoms with E-state index in [1.165, 1.54) is 0 Å². The van der Waals surface area contributed by atoms with E-state index in [1.54, 1.807) is 19.6 Å². The molecule has 0 spiro atoms. The van der Waals surface area contributed by atoms with Crippen molar-refractivity contribution in [3.8, 4) is 5.75 Å². The zero-order chi connectivity index (χ0) is 14.5. The molecule has 1 unspecified atom stereocenters. The molecule has 20 heavy (non-hydrogen) atoms. The van der Waals surface area contributed by atoms with Crippen molar-refractivity contribution in [2.45, 2.75) is 19.0 Å². The van der Waals surface area contributed by atoms with Gasteiger partial charge in [-0.1, -0.05) is 18.2 Å². The van der Waals surface area contributed by atoms with Gasteiger partial charge < -0.3 is 20.1 Å². The van der Waals surface area contributed by atoms with Crippen molar-refractivity contribution in [1.29, 1.82) is 0 Å². The van der Waals surface area contributed by atoms with E-state index in [-0.39, 0.29) is 6.42 Å². The molecule has 0 saturated heterocycles. The number of nitrogens with zero attached hydrogens (tertiary/aromatic N) is 2. The summed E-state index contributed by atoms with van der Waals surface area (Å²) in [5, 5.41) is 8.87. The van der Waals surface area contributed by atoms with E-state index in [4.69, 9.17) is 15.6 Å². The molecule has 2 rings (SSSR count). The van der Waals surface area contributed by atoms with Gasteiger partial charge in [0.05, 0.1) is 20.0 Å². The molecule has 1 aromatic carbocycles. The van der Waals surface area contributed by atoms with Gasteiger partial charge in [0.1, 0.15) is 11.8 Å². The van der Waals surface area contributed by atoms with Crippen LogP contribution in [-0.2, 0) is 17.8 Å². The van der Waals surface area contributed by atoms with Crippen LogP contribution in [0, 0.1) is 0 Å². The molecule has 1 heterocycles. The Morgan fingerprint density at radius 3 is 2.95 bits per heavy atom. The molecule has 0 fully saturated rings. The average molecular weight is 275 g/mol. The molecule has 0 aliphatic carbocycles. The first-order valence-electron chi connectivity index (χ1n) is 6.21. The second kappa shape index (κ2) is 6.21. The number of para-hydroxylation sites is 1. The minimum absolute atomic E-state index is 0.241. The zero-order valence-corrected chi connectivity index (χ0v) is 11.2. The van der Waals surface area contributed by atoms with Crippen molar-refractivity contribution in [3.63, 3.8) is 0 Å². The van der Waals surface area contributed by atoms with E-state index in [0.717, 1.165) is 17.0 Å². The number of aromatic nitrogens is 2. The normalized spacial score (nSPS) is 12.1. The Hall–Kier alpha value is -2.34. The highest BCUT2D eigenvalue weighted by atomic mass is 16.5. The van der Waals surface area contributed by atoms with E-state index in [2.05, 4.69) is 4.98 Å². The van der Waals surface area contributed by atoms with Gasteiger partial charge in [0.15, 0.2) is 0 Å². The van der Waals surface area contributed by atoms with Crippen molar-refractivity contribution >= 4 is 5.97 Å². The van der Waals surface area contributed by atoms with E-state index < -0.39 is 12.0 Å². The number of imidazole rings is 1. The second-order valence-corrected chi connectivity index (χ2v) is 4.47. The second-order valence-electron chi connectivity index (χ2n) is 4.47. The maximum atomic E-state index is 10.8. The average Bonchev–Trinajstić information content (AvgIpc) is 2.86. The van der Waals surface area contributed by atoms with Crippen LogP contribution in [0.5, 0.6) is 5.75 Å². The molecular formula is C14H17N3O3. The van der Waals surface area contributed by atoms with Gasteiger partial charge in [0.25, 0.3) is 0 Å². The van der Waals surface area contributed by atoms with E-state index in [1.807, 2.05) is 28.8 Å². The fourth-order valence-electron chi connectivity index (χ4n) is 1.99. The molecular weight excluding hydrogens is 258 g/mol. The molecule has 6 heteroatoms. The summed E-state index contributed by atoms with van der Waals surface area (Å²) >= 11 is 0. The molecule has 1 aromatic heterocycles. The van der Waals surface area contributed by atoms with Crippen molar-refractivity contribution in [2.75, 3.05) is 7.11 Å². The van der Waals surface area contributed by atoms with Gasteiger partial charge in [0, 0.05) is 23.9 Å². The smallest absolute Gasteiger partial charge is 0.320 e. The quantitative estimate of drug-likeness (QED) is 0.817. The Morgan fingerprint density at radius 2 is 2.25 bits per heavy atom. The van der Waals surface area contributed by atoms with Gasteiger partial charge in [-0.2, -0.15) is 0 Å². The van der Waals surface area contributed by atoms with Crippen molar-refractivity contribution in [2.24, 2.45) is 5.73 Å². The number of carboxylic acids is 1. The molecule has 3 N–H and O–H groups in total. The monoisotopic (exact) mass is 275 g/mol. The van der Waals surface area contributed by atoms with Crippen LogP contribution in [0.3, 0.4) is 0 Å². The molecule has 0 bridgehead atoms. The number of carbonyl (C=O) groups is 1. The Kier molecular flexibility index (Phi) is 4.37. The minimum atomic E-state index is -1.02. The standard InChI is InChI=1S/C14H17N3O3/c1-20-13-5-3-2-4-10(13)8-17-9-16-7-11(17)6-12(15)14(18)19/h2-5,7,9,12H,6,8,15H2,1H3,(H,18,19). The van der Waals surface area contributed by atoms with Crippen LogP contribution in [0.25, 0.3) is 0 Å². The maximum absolute atomic E-state index is 10.8. The van der Waals surface area contributed by atoms with Gasteiger partial charge in [-0.05, 0) is 6.07 Å². The van der Waals surface area contributed by atoms with Crippen LogP contribution >= 0.6 is 0 Å². The summed E-state index contributed by atoms with van der Waals surface area (Å²) in [6, 6.07) is 6.74. The fraction of sp³-hybridized carbons (Fsp3) is 0.286. The Labute approximate surface area is 116 Å². The van der Waals surface area contributed by atoms with Crippen molar-refractivity contribution in [1.82, 2.24) is 9.55 Å². The molecule has 0 radical (unpaired) electrons. The number of hydrogen-bond donors (Lipinski definition) is 2. The largest absolute Gasteiger partial charge is 0.496 e. The maximum Gasteiger partial charge on any atom is 0.320 e. The van der Waals surface area contributed by atoms with Crippen LogP contribution in [0.15, 0.2) is 36.8 Å². The summed E-state index contributed by atoms with van der Waals surface area (Å²) in [6.45, 7) is 0.561. The van der Waals surface area contributed by atoms with Crippen LogP contribution in [0.2, 0.25) is 0 Å². The fourth-order valence-corrected chi connectivity index (χ4v) is 1.99. The number of benzene rings is 1. The molecule has 0 aliphatic rings. The highest BCUT2D eigenvalue weighted by molar-refractivity contribution is 5.73. The van der Waals surface area contributed by atoms with Crippen molar-refractivity contribution < 1.29 is 14.6 Å². The number of methoxy groups -OCH3 is 1. The molecule has 2 aromatic rings. The molecule has 0 aliphatic heterocycles. The van der Waals surface area contributed by atoms with Crippen molar-refractivity contribution in [3.05, 3.63) is 48.0 Å². The predicted octanol–water partition coefficient (Wildman–Crippen LogP) is 0.894. The Morgan fingerprint density at radius 1 is 1.50 bits per heavy atom. The SMILES string of the molecule is COc1ccccc1Cn1cncc1CC(N)C(=O)O. The van der Waals surface area contributed by atoms with Gasteiger partial charge in [-0.25, -0.2) is 4.98 Å². The van der Waals surface area contributed by atoms with Gasteiger partial charge in [-0.15, -0.1) is 0 Å².